The first-order valence-electron chi connectivity index (χ1n) is 10.6. The Morgan fingerprint density at radius 2 is 1.97 bits per heavy atom. The molecule has 0 saturated heterocycles. The highest BCUT2D eigenvalue weighted by molar-refractivity contribution is 8.03. The van der Waals surface area contributed by atoms with Crippen molar-refractivity contribution in [2.24, 2.45) is 7.05 Å². The molecular formula is C26H28N3OS2+. The maximum atomic E-state index is 11.6. The highest BCUT2D eigenvalue weighted by atomic mass is 32.2. The van der Waals surface area contributed by atoms with Crippen LogP contribution in [0.15, 0.2) is 76.7 Å². The van der Waals surface area contributed by atoms with Crippen LogP contribution in [0.5, 0.6) is 0 Å². The van der Waals surface area contributed by atoms with Crippen LogP contribution in [0.1, 0.15) is 17.5 Å². The van der Waals surface area contributed by atoms with Crippen molar-refractivity contribution in [3.63, 3.8) is 0 Å². The molecule has 0 radical (unpaired) electrons. The van der Waals surface area contributed by atoms with E-state index in [4.69, 9.17) is 0 Å². The largest absolute Gasteiger partial charge is 0.344 e. The van der Waals surface area contributed by atoms with E-state index in [9.17, 15) is 4.79 Å². The molecule has 4 rings (SSSR count). The molecule has 3 aromatic rings. The van der Waals surface area contributed by atoms with Gasteiger partial charge in [0.25, 0.3) is 5.01 Å². The Balaban J connectivity index is 1.50. The zero-order valence-corrected chi connectivity index (χ0v) is 20.5. The molecule has 0 atom stereocenters. The average Bonchev–Trinajstić information content (AvgIpc) is 3.28. The van der Waals surface area contributed by atoms with E-state index in [2.05, 4.69) is 96.3 Å². The van der Waals surface area contributed by atoms with Crippen molar-refractivity contribution in [2.45, 2.75) is 18.7 Å². The van der Waals surface area contributed by atoms with E-state index in [1.807, 2.05) is 7.05 Å². The van der Waals surface area contributed by atoms with Crippen LogP contribution in [0.2, 0.25) is 0 Å². The Hall–Kier alpha value is -2.83. The second-order valence-corrected chi connectivity index (χ2v) is 10.0. The molecule has 4 nitrogen and oxygen atoms in total. The summed E-state index contributed by atoms with van der Waals surface area (Å²) in [5.41, 5.74) is 3.72. The molecule has 2 heterocycles. The maximum absolute atomic E-state index is 11.6. The summed E-state index contributed by atoms with van der Waals surface area (Å²) in [5, 5.41) is 2.40. The summed E-state index contributed by atoms with van der Waals surface area (Å²) in [5.74, 6) is 0.0888. The van der Waals surface area contributed by atoms with Crippen LogP contribution in [0.4, 0.5) is 5.69 Å². The van der Waals surface area contributed by atoms with Crippen molar-refractivity contribution >= 4 is 51.0 Å². The fourth-order valence-corrected chi connectivity index (χ4v) is 5.84. The molecule has 1 amide bonds. The Bertz CT molecular complexity index is 1240. The summed E-state index contributed by atoms with van der Waals surface area (Å²) in [4.78, 5) is 17.0. The number of thiazole rings is 1. The van der Waals surface area contributed by atoms with E-state index < -0.39 is 0 Å². The molecule has 32 heavy (non-hydrogen) atoms. The highest BCUT2D eigenvalue weighted by Gasteiger charge is 2.25. The van der Waals surface area contributed by atoms with Crippen molar-refractivity contribution in [1.82, 2.24) is 4.90 Å². The number of aromatic nitrogens is 1. The summed E-state index contributed by atoms with van der Waals surface area (Å²) in [6.07, 6.45) is 10.6. The van der Waals surface area contributed by atoms with Crippen LogP contribution in [-0.2, 0) is 11.8 Å². The topological polar surface area (TPSA) is 27.4 Å². The highest BCUT2D eigenvalue weighted by Crippen LogP contribution is 2.46. The second-order valence-electron chi connectivity index (χ2n) is 7.88. The van der Waals surface area contributed by atoms with Gasteiger partial charge in [-0.25, -0.2) is 0 Å². The number of carbonyl (C=O) groups is 1. The van der Waals surface area contributed by atoms with Gasteiger partial charge in [-0.05, 0) is 36.8 Å². The van der Waals surface area contributed by atoms with Gasteiger partial charge in [-0.1, -0.05) is 59.5 Å². The minimum atomic E-state index is 0.0888. The van der Waals surface area contributed by atoms with Crippen LogP contribution in [0.3, 0.4) is 0 Å². The van der Waals surface area contributed by atoms with Crippen LogP contribution >= 0.6 is 23.1 Å². The number of likely N-dealkylation sites (N-methyl/N-ethyl adjacent to an activating group) is 1. The van der Waals surface area contributed by atoms with Crippen LogP contribution in [0.25, 0.3) is 16.3 Å². The number of amides is 1. The number of carbonyl (C=O) groups excluding carboxylic acids is 1. The summed E-state index contributed by atoms with van der Waals surface area (Å²) >= 11 is 3.58. The van der Waals surface area contributed by atoms with Gasteiger partial charge in [0.15, 0.2) is 0 Å². The molecular weight excluding hydrogens is 434 g/mol. The lowest BCUT2D eigenvalue weighted by atomic mass is 10.2. The van der Waals surface area contributed by atoms with Gasteiger partial charge in [0, 0.05) is 44.1 Å². The van der Waals surface area contributed by atoms with Crippen molar-refractivity contribution in [3.05, 3.63) is 82.4 Å². The number of nitrogens with zero attached hydrogens (tertiary/aromatic N) is 3. The third-order valence-electron chi connectivity index (χ3n) is 5.55. The van der Waals surface area contributed by atoms with Crippen LogP contribution in [0, 0.1) is 6.92 Å². The van der Waals surface area contributed by atoms with E-state index in [1.54, 1.807) is 34.9 Å². The molecule has 164 valence electrons. The number of allylic oxidation sites excluding steroid dienone is 4. The lowest BCUT2D eigenvalue weighted by Crippen LogP contribution is -2.33. The molecule has 0 fully saturated rings. The number of anilines is 1. The van der Waals surface area contributed by atoms with Gasteiger partial charge in [-0.15, -0.1) is 0 Å². The smallest absolute Gasteiger partial charge is 0.262 e. The summed E-state index contributed by atoms with van der Waals surface area (Å²) < 4.78 is 3.52. The fraction of sp³-hybridized carbons (Fsp3) is 0.231. The molecule has 0 aliphatic carbocycles. The summed E-state index contributed by atoms with van der Waals surface area (Å²) in [6, 6.07) is 15.0. The minimum Gasteiger partial charge on any atom is -0.344 e. The second kappa shape index (κ2) is 9.76. The molecule has 0 N–H and O–H groups in total. The normalized spacial score (nSPS) is 14.9. The first-order valence-corrected chi connectivity index (χ1v) is 12.3. The fourth-order valence-electron chi connectivity index (χ4n) is 3.58. The molecule has 1 aliphatic heterocycles. The third kappa shape index (κ3) is 4.81. The molecule has 2 aromatic carbocycles. The number of aryl methyl sites for hydroxylation is 2. The third-order valence-corrected chi connectivity index (χ3v) is 7.85. The maximum Gasteiger partial charge on any atom is 0.262 e. The Labute approximate surface area is 198 Å². The van der Waals surface area contributed by atoms with E-state index in [0.29, 0.717) is 6.54 Å². The standard InChI is InChI=1S/C26H28N3OS2/c1-19-14-15-22-24(18-19)32-26(29(22)17-16-27(3)20(2)30)13-7-5-6-12-25-28(4)21-10-8-9-11-23(21)31-25/h5-15,18H,16-17H2,1-4H3/q+1. The molecule has 0 unspecified atom stereocenters. The van der Waals surface area contributed by atoms with Crippen LogP contribution < -0.4 is 9.47 Å². The predicted octanol–water partition coefficient (Wildman–Crippen LogP) is 5.54. The number of hydrogen-bond donors (Lipinski definition) is 0. The number of thioether (sulfide) groups is 1. The van der Waals surface area contributed by atoms with Crippen molar-refractivity contribution in [1.29, 1.82) is 0 Å². The van der Waals surface area contributed by atoms with Gasteiger partial charge in [-0.2, -0.15) is 4.57 Å². The molecule has 0 spiro atoms. The zero-order valence-electron chi connectivity index (χ0n) is 18.9. The van der Waals surface area contributed by atoms with E-state index in [-0.39, 0.29) is 5.91 Å². The lowest BCUT2D eigenvalue weighted by molar-refractivity contribution is -0.642. The Kier molecular flexibility index (Phi) is 6.82. The van der Waals surface area contributed by atoms with Gasteiger partial charge in [0.1, 0.15) is 11.7 Å². The monoisotopic (exact) mass is 462 g/mol. The summed E-state index contributed by atoms with van der Waals surface area (Å²) in [6.45, 7) is 5.19. The molecule has 1 aliphatic rings. The number of rotatable bonds is 6. The predicted molar refractivity (Wildman–Crippen MR) is 137 cm³/mol. The molecule has 0 saturated carbocycles. The van der Waals surface area contributed by atoms with E-state index in [1.165, 1.54) is 36.4 Å². The quantitative estimate of drug-likeness (QED) is 0.356. The summed E-state index contributed by atoms with van der Waals surface area (Å²) in [7, 11) is 3.96. The number of fused-ring (bicyclic) bond motifs is 2. The first kappa shape index (κ1) is 22.4. The Morgan fingerprint density at radius 3 is 2.75 bits per heavy atom. The van der Waals surface area contributed by atoms with Crippen molar-refractivity contribution < 1.29 is 9.36 Å². The molecule has 1 aromatic heterocycles. The van der Waals surface area contributed by atoms with Crippen LogP contribution in [-0.4, -0.2) is 30.9 Å². The minimum absolute atomic E-state index is 0.0888. The SMILES string of the molecule is CC(=O)N(C)CCN1C(=CC=CC=Cc2sc3ccccc3[n+]2C)Sc2cc(C)ccc21. The lowest BCUT2D eigenvalue weighted by Gasteiger charge is -2.24. The van der Waals surface area contributed by atoms with Gasteiger partial charge in [0.05, 0.1) is 10.7 Å². The van der Waals surface area contributed by atoms with E-state index >= 15 is 0 Å². The van der Waals surface area contributed by atoms with Crippen molar-refractivity contribution in [2.75, 3.05) is 25.0 Å². The van der Waals surface area contributed by atoms with Gasteiger partial charge >= 0.3 is 0 Å². The van der Waals surface area contributed by atoms with Gasteiger partial charge in [0.2, 0.25) is 11.4 Å². The number of hydrogen-bond acceptors (Lipinski definition) is 4. The zero-order chi connectivity index (χ0) is 22.7. The first-order chi connectivity index (χ1) is 15.4. The van der Waals surface area contributed by atoms with Gasteiger partial charge < -0.3 is 9.80 Å². The van der Waals surface area contributed by atoms with Gasteiger partial charge in [-0.3, -0.25) is 4.79 Å². The van der Waals surface area contributed by atoms with E-state index in [0.717, 1.165) is 6.54 Å². The Morgan fingerprint density at radius 1 is 1.16 bits per heavy atom. The van der Waals surface area contributed by atoms with Crippen molar-refractivity contribution in [3.8, 4) is 0 Å². The molecule has 0 bridgehead atoms. The number of benzene rings is 2. The number of para-hydroxylation sites is 1. The molecule has 6 heteroatoms. The average molecular weight is 463 g/mol.